The first-order chi connectivity index (χ1) is 19.6. The van der Waals surface area contributed by atoms with Crippen LogP contribution < -0.4 is 4.74 Å². The van der Waals surface area contributed by atoms with Crippen LogP contribution in [-0.4, -0.2) is 101 Å². The molecular weight excluding hydrogens is 584 g/mol. The highest BCUT2D eigenvalue weighted by molar-refractivity contribution is 7.85. The van der Waals surface area contributed by atoms with Crippen LogP contribution in [0.25, 0.3) is 10.8 Å². The third-order valence-electron chi connectivity index (χ3n) is 6.29. The number of hydrogen-bond acceptors (Lipinski definition) is 9. The summed E-state index contributed by atoms with van der Waals surface area (Å²) >= 11 is 0. The number of esters is 1. The number of ether oxygens (including phenoxy) is 2. The number of methoxy groups -OCH3 is 1. The average Bonchev–Trinajstić information content (AvgIpc) is 2.91. The average molecular weight is 625 g/mol. The van der Waals surface area contributed by atoms with E-state index in [2.05, 4.69) is 46.2 Å². The molecule has 0 spiro atoms. The fourth-order valence-electron chi connectivity index (χ4n) is 4.19. The van der Waals surface area contributed by atoms with Gasteiger partial charge >= 0.3 is 5.97 Å². The lowest BCUT2D eigenvalue weighted by atomic mass is 9.98. The van der Waals surface area contributed by atoms with E-state index in [9.17, 15) is 21.6 Å². The minimum Gasteiger partial charge on any atom is -0.497 e. The van der Waals surface area contributed by atoms with Gasteiger partial charge in [-0.2, -0.15) is 16.8 Å². The van der Waals surface area contributed by atoms with Crippen molar-refractivity contribution >= 4 is 37.0 Å². The van der Waals surface area contributed by atoms with Gasteiger partial charge in [0.05, 0.1) is 25.5 Å². The molecule has 1 atom stereocenters. The molecule has 3 aromatic rings. The van der Waals surface area contributed by atoms with E-state index in [1.165, 1.54) is 5.56 Å². The zero-order valence-electron chi connectivity index (χ0n) is 24.3. The summed E-state index contributed by atoms with van der Waals surface area (Å²) in [5.41, 5.74) is 2.33. The summed E-state index contributed by atoms with van der Waals surface area (Å²) in [7, 11) is -5.67. The Labute approximate surface area is 248 Å². The van der Waals surface area contributed by atoms with Crippen LogP contribution in [-0.2, 0) is 36.3 Å². The fourth-order valence-corrected chi connectivity index (χ4v) is 4.19. The van der Waals surface area contributed by atoms with Crippen molar-refractivity contribution in [1.29, 1.82) is 0 Å². The maximum atomic E-state index is 12.6. The van der Waals surface area contributed by atoms with Crippen LogP contribution in [0.1, 0.15) is 24.0 Å². The monoisotopic (exact) mass is 624 g/mol. The predicted octanol–water partition coefficient (Wildman–Crippen LogP) is 3.32. The van der Waals surface area contributed by atoms with Gasteiger partial charge in [-0.05, 0) is 41.0 Å². The summed E-state index contributed by atoms with van der Waals surface area (Å²) in [6, 6.07) is 22.7. The van der Waals surface area contributed by atoms with E-state index in [0.29, 0.717) is 19.1 Å². The largest absolute Gasteiger partial charge is 0.497 e. The molecule has 2 N–H and O–H groups in total. The molecule has 11 nitrogen and oxygen atoms in total. The topological polar surface area (TPSA) is 151 Å². The Morgan fingerprint density at radius 1 is 0.833 bits per heavy atom. The second kappa shape index (κ2) is 16.5. The Bertz CT molecular complexity index is 1440. The van der Waals surface area contributed by atoms with Gasteiger partial charge in [0, 0.05) is 39.3 Å². The van der Waals surface area contributed by atoms with E-state index in [-0.39, 0.29) is 11.9 Å². The maximum absolute atomic E-state index is 12.6. The van der Waals surface area contributed by atoms with Gasteiger partial charge in [0.1, 0.15) is 12.4 Å². The van der Waals surface area contributed by atoms with Crippen LogP contribution in [0.3, 0.4) is 0 Å². The maximum Gasteiger partial charge on any atom is 0.313 e. The van der Waals surface area contributed by atoms with E-state index >= 15 is 0 Å². The van der Waals surface area contributed by atoms with Crippen molar-refractivity contribution in [3.63, 3.8) is 0 Å². The third kappa shape index (κ3) is 14.7. The number of carbonyl (C=O) groups is 1. The molecule has 1 heterocycles. The highest BCUT2D eigenvalue weighted by Crippen LogP contribution is 2.25. The number of benzene rings is 3. The van der Waals surface area contributed by atoms with Crippen LogP contribution in [0.4, 0.5) is 0 Å². The number of nitrogens with zero attached hydrogens (tertiary/aromatic N) is 2. The Morgan fingerprint density at radius 2 is 1.36 bits per heavy atom. The lowest BCUT2D eigenvalue weighted by Crippen LogP contribution is -2.46. The minimum absolute atomic E-state index is 0.166. The Balaban J connectivity index is 0.000000533. The quantitative estimate of drug-likeness (QED) is 0.281. The van der Waals surface area contributed by atoms with Gasteiger partial charge in [-0.25, -0.2) is 0 Å². The summed E-state index contributed by atoms with van der Waals surface area (Å²) in [5.74, 6) is 0.378. The van der Waals surface area contributed by atoms with Gasteiger partial charge in [0.2, 0.25) is 0 Å². The Kier molecular flexibility index (Phi) is 13.8. The molecule has 1 aliphatic rings. The molecule has 232 valence electrons. The molecule has 1 fully saturated rings. The Morgan fingerprint density at radius 3 is 1.93 bits per heavy atom. The van der Waals surface area contributed by atoms with Crippen molar-refractivity contribution in [2.24, 2.45) is 0 Å². The van der Waals surface area contributed by atoms with Gasteiger partial charge in [0.15, 0.2) is 0 Å². The zero-order chi connectivity index (χ0) is 31.3. The van der Waals surface area contributed by atoms with Crippen LogP contribution in [0.5, 0.6) is 5.75 Å². The first-order valence-electron chi connectivity index (χ1n) is 13.2. The lowest BCUT2D eigenvalue weighted by molar-refractivity contribution is -0.145. The van der Waals surface area contributed by atoms with Crippen molar-refractivity contribution in [1.82, 2.24) is 9.80 Å². The molecule has 0 aromatic heterocycles. The van der Waals surface area contributed by atoms with E-state index in [1.807, 2.05) is 37.3 Å². The van der Waals surface area contributed by atoms with Crippen LogP contribution in [0.15, 0.2) is 66.7 Å². The van der Waals surface area contributed by atoms with Crippen LogP contribution in [0, 0.1) is 0 Å². The fraction of sp³-hybridized carbons (Fsp3) is 0.414. The molecule has 0 amide bonds. The standard InChI is InChI=1S/C27H32N2O3.2CH4O3S/c1-21(23-8-9-25-19-26(31-2)11-10-24(25)18-23)27(30)32-17-16-28-12-14-29(15-13-28)20-22-6-4-3-5-7-22;2*1-5(2,3)4/h3-11,18-19,21H,12-17,20H2,1-2H3;2*1H3,(H,2,3,4)/t21-;;/m0../s1. The summed E-state index contributed by atoms with van der Waals surface area (Å²) in [5, 5.41) is 2.19. The number of piperazine rings is 1. The normalized spacial score (nSPS) is 15.0. The van der Waals surface area contributed by atoms with Gasteiger partial charge in [-0.15, -0.1) is 0 Å². The third-order valence-corrected chi connectivity index (χ3v) is 6.29. The molecule has 0 saturated carbocycles. The summed E-state index contributed by atoms with van der Waals surface area (Å²) in [6.07, 6.45) is 1.43. The zero-order valence-corrected chi connectivity index (χ0v) is 26.0. The van der Waals surface area contributed by atoms with Gasteiger partial charge < -0.3 is 9.47 Å². The molecule has 0 aliphatic carbocycles. The minimum atomic E-state index is -3.67. The van der Waals surface area contributed by atoms with Gasteiger partial charge in [0.25, 0.3) is 20.2 Å². The van der Waals surface area contributed by atoms with Crippen molar-refractivity contribution in [3.8, 4) is 5.75 Å². The highest BCUT2D eigenvalue weighted by atomic mass is 32.2. The molecule has 1 saturated heterocycles. The van der Waals surface area contributed by atoms with Crippen molar-refractivity contribution in [2.75, 3.05) is 59.0 Å². The number of rotatable bonds is 8. The second-order valence-electron chi connectivity index (χ2n) is 9.93. The lowest BCUT2D eigenvalue weighted by Gasteiger charge is -2.34. The van der Waals surface area contributed by atoms with Gasteiger partial charge in [-0.3, -0.25) is 23.7 Å². The molecule has 0 unspecified atom stereocenters. The summed E-state index contributed by atoms with van der Waals surface area (Å²) in [6.45, 7) is 8.24. The number of carbonyl (C=O) groups excluding carboxylic acids is 1. The molecule has 0 bridgehead atoms. The number of hydrogen-bond donors (Lipinski definition) is 2. The van der Waals surface area contributed by atoms with E-state index in [4.69, 9.17) is 18.6 Å². The van der Waals surface area contributed by atoms with E-state index < -0.39 is 20.2 Å². The Hall–Kier alpha value is -3.07. The molecule has 13 heteroatoms. The van der Waals surface area contributed by atoms with Crippen molar-refractivity contribution in [3.05, 3.63) is 77.9 Å². The van der Waals surface area contributed by atoms with Gasteiger partial charge in [-0.1, -0.05) is 54.6 Å². The smallest absolute Gasteiger partial charge is 0.313 e. The molecule has 1 aliphatic heterocycles. The van der Waals surface area contributed by atoms with Crippen LogP contribution >= 0.6 is 0 Å². The summed E-state index contributed by atoms with van der Waals surface area (Å²) in [4.78, 5) is 17.5. The molecular formula is C29H40N2O9S2. The van der Waals surface area contributed by atoms with Crippen LogP contribution in [0.2, 0.25) is 0 Å². The first-order valence-corrected chi connectivity index (χ1v) is 16.9. The molecule has 3 aromatic carbocycles. The van der Waals surface area contributed by atoms with Crippen molar-refractivity contribution < 1.29 is 40.2 Å². The molecule has 0 radical (unpaired) electrons. The SMILES string of the molecule is COc1ccc2cc([C@H](C)C(=O)OCCN3CCN(Cc4ccccc4)CC3)ccc2c1.CS(=O)(=O)O.CS(=O)(=O)O. The van der Waals surface area contributed by atoms with Crippen molar-refractivity contribution in [2.45, 2.75) is 19.4 Å². The van der Waals surface area contributed by atoms with E-state index in [0.717, 1.165) is 61.4 Å². The first kappa shape index (κ1) is 35.1. The van der Waals surface area contributed by atoms with E-state index in [1.54, 1.807) is 7.11 Å². The number of fused-ring (bicyclic) bond motifs is 1. The molecule has 42 heavy (non-hydrogen) atoms. The predicted molar refractivity (Wildman–Crippen MR) is 163 cm³/mol. The summed E-state index contributed by atoms with van der Waals surface area (Å²) < 4.78 is 62.6. The highest BCUT2D eigenvalue weighted by Gasteiger charge is 2.20. The second-order valence-corrected chi connectivity index (χ2v) is 12.9. The molecule has 4 rings (SSSR count).